The number of nitrogens with zero attached hydrogens (tertiary/aromatic N) is 1. The molecule has 1 heterocycles. The molecular formula is C17H30N2O2. The van der Waals surface area contributed by atoms with E-state index >= 15 is 0 Å². The number of rotatable bonds is 7. The van der Waals surface area contributed by atoms with E-state index < -0.39 is 0 Å². The zero-order valence-electron chi connectivity index (χ0n) is 13.2. The predicted molar refractivity (Wildman–Crippen MR) is 83.9 cm³/mol. The first kappa shape index (κ1) is 16.3. The van der Waals surface area contributed by atoms with Gasteiger partial charge in [0.1, 0.15) is 0 Å². The summed E-state index contributed by atoms with van der Waals surface area (Å²) in [6.07, 6.45) is 12.4. The van der Waals surface area contributed by atoms with Gasteiger partial charge in [-0.15, -0.1) is 0 Å². The van der Waals surface area contributed by atoms with E-state index in [1.54, 1.807) is 0 Å². The van der Waals surface area contributed by atoms with E-state index in [0.29, 0.717) is 19.4 Å². The van der Waals surface area contributed by atoms with Crippen molar-refractivity contribution >= 4 is 11.8 Å². The van der Waals surface area contributed by atoms with Crippen LogP contribution in [0.1, 0.15) is 70.6 Å². The average molecular weight is 294 g/mol. The van der Waals surface area contributed by atoms with Gasteiger partial charge >= 0.3 is 0 Å². The molecule has 1 N–H and O–H groups in total. The van der Waals surface area contributed by atoms with Gasteiger partial charge in [0.15, 0.2) is 0 Å². The molecule has 21 heavy (non-hydrogen) atoms. The number of nitrogens with one attached hydrogen (secondary N) is 1. The second kappa shape index (κ2) is 9.06. The van der Waals surface area contributed by atoms with Gasteiger partial charge in [-0.3, -0.25) is 9.59 Å². The molecule has 2 rings (SSSR count). The van der Waals surface area contributed by atoms with E-state index in [1.807, 2.05) is 4.90 Å². The molecule has 0 spiro atoms. The fourth-order valence-corrected chi connectivity index (χ4v) is 3.55. The molecule has 0 radical (unpaired) electrons. The SMILES string of the molecule is O=C(CCCC1CCCCC1)NCCC(=O)N1CCCC1. The smallest absolute Gasteiger partial charge is 0.224 e. The van der Waals surface area contributed by atoms with Gasteiger partial charge in [0.05, 0.1) is 0 Å². The van der Waals surface area contributed by atoms with Crippen molar-refractivity contribution in [2.75, 3.05) is 19.6 Å². The zero-order chi connectivity index (χ0) is 14.9. The number of hydrogen-bond acceptors (Lipinski definition) is 2. The van der Waals surface area contributed by atoms with E-state index in [9.17, 15) is 9.59 Å². The van der Waals surface area contributed by atoms with E-state index in [2.05, 4.69) is 5.32 Å². The van der Waals surface area contributed by atoms with Crippen LogP contribution in [-0.2, 0) is 9.59 Å². The number of carbonyl (C=O) groups is 2. The van der Waals surface area contributed by atoms with Gasteiger partial charge in [0, 0.05) is 32.5 Å². The fourth-order valence-electron chi connectivity index (χ4n) is 3.55. The van der Waals surface area contributed by atoms with Gasteiger partial charge < -0.3 is 10.2 Å². The van der Waals surface area contributed by atoms with Crippen LogP contribution >= 0.6 is 0 Å². The van der Waals surface area contributed by atoms with Gasteiger partial charge in [-0.25, -0.2) is 0 Å². The molecule has 4 nitrogen and oxygen atoms in total. The third kappa shape index (κ3) is 6.06. The lowest BCUT2D eigenvalue weighted by molar-refractivity contribution is -0.130. The monoisotopic (exact) mass is 294 g/mol. The fraction of sp³-hybridized carbons (Fsp3) is 0.882. The summed E-state index contributed by atoms with van der Waals surface area (Å²) >= 11 is 0. The Bertz CT molecular complexity index is 332. The van der Waals surface area contributed by atoms with Crippen molar-refractivity contribution in [3.05, 3.63) is 0 Å². The highest BCUT2D eigenvalue weighted by Gasteiger charge is 2.17. The van der Waals surface area contributed by atoms with Gasteiger partial charge in [-0.2, -0.15) is 0 Å². The maximum absolute atomic E-state index is 11.8. The first-order valence-corrected chi connectivity index (χ1v) is 8.80. The summed E-state index contributed by atoms with van der Waals surface area (Å²) in [6.45, 7) is 2.29. The van der Waals surface area contributed by atoms with Crippen LogP contribution in [0.15, 0.2) is 0 Å². The summed E-state index contributed by atoms with van der Waals surface area (Å²) < 4.78 is 0. The zero-order valence-corrected chi connectivity index (χ0v) is 13.2. The third-order valence-electron chi connectivity index (χ3n) is 4.86. The largest absolute Gasteiger partial charge is 0.356 e. The molecule has 1 saturated carbocycles. The van der Waals surface area contributed by atoms with E-state index in [1.165, 1.54) is 38.5 Å². The quantitative estimate of drug-likeness (QED) is 0.785. The van der Waals surface area contributed by atoms with Crippen LogP contribution in [-0.4, -0.2) is 36.3 Å². The topological polar surface area (TPSA) is 49.4 Å². The van der Waals surface area contributed by atoms with Crippen molar-refractivity contribution in [1.82, 2.24) is 10.2 Å². The lowest BCUT2D eigenvalue weighted by Gasteiger charge is -2.21. The standard InChI is InChI=1S/C17H30N2O2/c20-16(10-6-9-15-7-2-1-3-8-15)18-12-11-17(21)19-13-4-5-14-19/h15H,1-14H2,(H,18,20). The maximum Gasteiger partial charge on any atom is 0.224 e. The van der Waals surface area contributed by atoms with Crippen LogP contribution in [0.2, 0.25) is 0 Å². The number of amides is 2. The van der Waals surface area contributed by atoms with Crippen molar-refractivity contribution in [3.8, 4) is 0 Å². The highest BCUT2D eigenvalue weighted by molar-refractivity contribution is 5.79. The van der Waals surface area contributed by atoms with Crippen LogP contribution in [0.25, 0.3) is 0 Å². The Hall–Kier alpha value is -1.06. The normalized spacial score (nSPS) is 19.7. The summed E-state index contributed by atoms with van der Waals surface area (Å²) in [7, 11) is 0. The van der Waals surface area contributed by atoms with E-state index in [0.717, 1.165) is 38.3 Å². The molecule has 1 aliphatic heterocycles. The number of carbonyl (C=O) groups excluding carboxylic acids is 2. The second-order valence-corrected chi connectivity index (χ2v) is 6.58. The third-order valence-corrected chi connectivity index (χ3v) is 4.86. The van der Waals surface area contributed by atoms with Crippen molar-refractivity contribution in [2.24, 2.45) is 5.92 Å². The average Bonchev–Trinajstić information content (AvgIpc) is 3.02. The van der Waals surface area contributed by atoms with Crippen LogP contribution in [0.4, 0.5) is 0 Å². The Balaban J connectivity index is 1.48. The molecule has 0 unspecified atom stereocenters. The van der Waals surface area contributed by atoms with Gasteiger partial charge in [-0.05, 0) is 31.6 Å². The molecule has 2 aliphatic rings. The maximum atomic E-state index is 11.8. The first-order chi connectivity index (χ1) is 10.3. The van der Waals surface area contributed by atoms with Crippen molar-refractivity contribution in [1.29, 1.82) is 0 Å². The minimum atomic E-state index is 0.111. The van der Waals surface area contributed by atoms with Gasteiger partial charge in [0.2, 0.25) is 11.8 Å². The van der Waals surface area contributed by atoms with Crippen molar-refractivity contribution < 1.29 is 9.59 Å². The lowest BCUT2D eigenvalue weighted by atomic mass is 9.86. The summed E-state index contributed by atoms with van der Waals surface area (Å²) in [6, 6.07) is 0. The number of hydrogen-bond donors (Lipinski definition) is 1. The molecule has 0 bridgehead atoms. The molecule has 0 aromatic carbocycles. The predicted octanol–water partition coefficient (Wildman–Crippen LogP) is 2.87. The minimum Gasteiger partial charge on any atom is -0.356 e. The van der Waals surface area contributed by atoms with E-state index in [4.69, 9.17) is 0 Å². The van der Waals surface area contributed by atoms with E-state index in [-0.39, 0.29) is 11.8 Å². The Kier molecular flexibility index (Phi) is 7.04. The lowest BCUT2D eigenvalue weighted by Crippen LogP contribution is -2.32. The molecule has 0 aromatic rings. The first-order valence-electron chi connectivity index (χ1n) is 8.80. The van der Waals surface area contributed by atoms with Crippen LogP contribution < -0.4 is 5.32 Å². The van der Waals surface area contributed by atoms with Gasteiger partial charge in [-0.1, -0.05) is 32.1 Å². The molecule has 2 fully saturated rings. The molecule has 0 atom stereocenters. The summed E-state index contributed by atoms with van der Waals surface area (Å²) in [5, 5.41) is 2.89. The molecule has 2 amide bonds. The van der Waals surface area contributed by atoms with Crippen LogP contribution in [0.5, 0.6) is 0 Å². The Morgan fingerprint density at radius 3 is 2.38 bits per heavy atom. The highest BCUT2D eigenvalue weighted by Crippen LogP contribution is 2.27. The van der Waals surface area contributed by atoms with Gasteiger partial charge in [0.25, 0.3) is 0 Å². The number of likely N-dealkylation sites (tertiary alicyclic amines) is 1. The molecule has 1 saturated heterocycles. The summed E-state index contributed by atoms with van der Waals surface area (Å²) in [5.74, 6) is 1.15. The molecular weight excluding hydrogens is 264 g/mol. The Labute approximate surface area is 128 Å². The molecule has 1 aliphatic carbocycles. The summed E-state index contributed by atoms with van der Waals surface area (Å²) in [5.41, 5.74) is 0. The molecule has 0 aromatic heterocycles. The van der Waals surface area contributed by atoms with Crippen molar-refractivity contribution in [3.63, 3.8) is 0 Å². The molecule has 4 heteroatoms. The molecule has 120 valence electrons. The minimum absolute atomic E-state index is 0.111. The van der Waals surface area contributed by atoms with Crippen molar-refractivity contribution in [2.45, 2.75) is 70.6 Å². The Morgan fingerprint density at radius 2 is 1.67 bits per heavy atom. The van der Waals surface area contributed by atoms with Crippen LogP contribution in [0.3, 0.4) is 0 Å². The Morgan fingerprint density at radius 1 is 0.952 bits per heavy atom. The second-order valence-electron chi connectivity index (χ2n) is 6.58. The van der Waals surface area contributed by atoms with Crippen LogP contribution in [0, 0.1) is 5.92 Å². The highest BCUT2D eigenvalue weighted by atomic mass is 16.2. The summed E-state index contributed by atoms with van der Waals surface area (Å²) in [4.78, 5) is 25.5.